The first-order valence-corrected chi connectivity index (χ1v) is 7.39. The predicted octanol–water partition coefficient (Wildman–Crippen LogP) is 0.996. The molecule has 19 heavy (non-hydrogen) atoms. The predicted molar refractivity (Wildman–Crippen MR) is 72.4 cm³/mol. The van der Waals surface area contributed by atoms with Gasteiger partial charge in [0.2, 0.25) is 6.79 Å². The Hall–Kier alpha value is -1.67. The number of nitrogens with zero attached hydrogens (tertiary/aromatic N) is 1. The minimum absolute atomic E-state index is 0.112. The van der Waals surface area contributed by atoms with Crippen molar-refractivity contribution >= 4 is 21.6 Å². The smallest absolute Gasteiger partial charge is 0.301 e. The Kier molecular flexibility index (Phi) is 3.72. The summed E-state index contributed by atoms with van der Waals surface area (Å²) in [5.41, 5.74) is 6.38. The van der Waals surface area contributed by atoms with E-state index in [1.54, 1.807) is 19.9 Å². The van der Waals surface area contributed by atoms with Crippen LogP contribution in [0.25, 0.3) is 0 Å². The quantitative estimate of drug-likeness (QED) is 0.788. The molecule has 8 heteroatoms. The summed E-state index contributed by atoms with van der Waals surface area (Å²) in [5, 5.41) is 0. The molecule has 2 rings (SSSR count). The number of hydrogen-bond acceptors (Lipinski definition) is 5. The molecular formula is C11H17N3O4S. The minimum atomic E-state index is -3.61. The van der Waals surface area contributed by atoms with Crippen molar-refractivity contribution in [1.82, 2.24) is 4.31 Å². The van der Waals surface area contributed by atoms with Gasteiger partial charge in [0.1, 0.15) is 0 Å². The molecular weight excluding hydrogens is 270 g/mol. The van der Waals surface area contributed by atoms with Crippen LogP contribution in [0, 0.1) is 0 Å². The van der Waals surface area contributed by atoms with Gasteiger partial charge >= 0.3 is 10.2 Å². The van der Waals surface area contributed by atoms with Gasteiger partial charge in [0.25, 0.3) is 0 Å². The minimum Gasteiger partial charge on any atom is -0.454 e. The van der Waals surface area contributed by atoms with Gasteiger partial charge in [0.15, 0.2) is 11.5 Å². The van der Waals surface area contributed by atoms with E-state index in [-0.39, 0.29) is 12.5 Å². The molecule has 7 nitrogen and oxygen atoms in total. The van der Waals surface area contributed by atoms with Crippen LogP contribution in [0.4, 0.5) is 11.4 Å². The molecule has 0 bridgehead atoms. The van der Waals surface area contributed by atoms with Gasteiger partial charge < -0.3 is 15.2 Å². The molecule has 0 saturated heterocycles. The molecule has 1 aliphatic heterocycles. The molecule has 1 aromatic carbocycles. The zero-order valence-electron chi connectivity index (χ0n) is 10.8. The monoisotopic (exact) mass is 287 g/mol. The third-order valence-corrected chi connectivity index (χ3v) is 4.50. The van der Waals surface area contributed by atoms with Crippen LogP contribution in [-0.2, 0) is 10.2 Å². The average molecular weight is 287 g/mol. The maximum atomic E-state index is 12.1. The summed E-state index contributed by atoms with van der Waals surface area (Å²) in [7, 11) is -3.61. The lowest BCUT2D eigenvalue weighted by atomic mass is 10.2. The summed E-state index contributed by atoms with van der Waals surface area (Å²) in [4.78, 5) is 0. The highest BCUT2D eigenvalue weighted by Gasteiger charge is 2.22. The highest BCUT2D eigenvalue weighted by atomic mass is 32.2. The Labute approximate surface area is 112 Å². The maximum absolute atomic E-state index is 12.1. The van der Waals surface area contributed by atoms with Gasteiger partial charge in [-0.15, -0.1) is 0 Å². The summed E-state index contributed by atoms with van der Waals surface area (Å²) in [6.07, 6.45) is 0. The normalized spacial score (nSPS) is 13.8. The number of benzene rings is 1. The Morgan fingerprint density at radius 3 is 2.42 bits per heavy atom. The number of nitrogens with two attached hydrogens (primary N) is 1. The van der Waals surface area contributed by atoms with Crippen molar-refractivity contribution in [2.24, 2.45) is 0 Å². The second-order valence-corrected chi connectivity index (χ2v) is 5.65. The van der Waals surface area contributed by atoms with Gasteiger partial charge in [-0.3, -0.25) is 4.72 Å². The van der Waals surface area contributed by atoms with E-state index in [4.69, 9.17) is 15.2 Å². The van der Waals surface area contributed by atoms with Crippen molar-refractivity contribution in [2.75, 3.05) is 30.3 Å². The Bertz CT molecular complexity index is 570. The fraction of sp³-hybridized carbons (Fsp3) is 0.455. The molecule has 106 valence electrons. The van der Waals surface area contributed by atoms with Crippen molar-refractivity contribution in [3.05, 3.63) is 12.1 Å². The van der Waals surface area contributed by atoms with E-state index in [1.165, 1.54) is 10.4 Å². The number of hydrogen-bond donors (Lipinski definition) is 2. The highest BCUT2D eigenvalue weighted by molar-refractivity contribution is 7.90. The van der Waals surface area contributed by atoms with Gasteiger partial charge in [-0.05, 0) is 0 Å². The van der Waals surface area contributed by atoms with E-state index in [1.807, 2.05) is 0 Å². The van der Waals surface area contributed by atoms with E-state index in [0.29, 0.717) is 30.3 Å². The number of nitrogen functional groups attached to an aromatic ring is 1. The molecule has 0 aliphatic carbocycles. The highest BCUT2D eigenvalue weighted by Crippen LogP contribution is 2.38. The van der Waals surface area contributed by atoms with Gasteiger partial charge in [0, 0.05) is 25.2 Å². The lowest BCUT2D eigenvalue weighted by Gasteiger charge is -2.20. The number of anilines is 2. The molecule has 0 fully saturated rings. The van der Waals surface area contributed by atoms with Gasteiger partial charge in [0.05, 0.1) is 11.4 Å². The fourth-order valence-corrected chi connectivity index (χ4v) is 3.08. The molecule has 0 saturated carbocycles. The first kappa shape index (κ1) is 13.8. The molecule has 3 N–H and O–H groups in total. The van der Waals surface area contributed by atoms with Crippen LogP contribution in [-0.4, -0.2) is 32.6 Å². The summed E-state index contributed by atoms with van der Waals surface area (Å²) in [6.45, 7) is 4.42. The third kappa shape index (κ3) is 2.69. The van der Waals surface area contributed by atoms with Gasteiger partial charge in [-0.1, -0.05) is 13.8 Å². The molecule has 0 amide bonds. The SMILES string of the molecule is CCN(CC)S(=O)(=O)Nc1cc2c(cc1N)OCO2. The van der Waals surface area contributed by atoms with Crippen LogP contribution < -0.4 is 19.9 Å². The standard InChI is InChI=1S/C11H17N3O4S/c1-3-14(4-2)19(15,16)13-9-6-11-10(5-8(9)12)17-7-18-11/h5-6,13H,3-4,7,12H2,1-2H3. The second kappa shape index (κ2) is 5.14. The van der Waals surface area contributed by atoms with Crippen LogP contribution in [0.2, 0.25) is 0 Å². The van der Waals surface area contributed by atoms with Crippen LogP contribution in [0.3, 0.4) is 0 Å². The van der Waals surface area contributed by atoms with Crippen molar-refractivity contribution < 1.29 is 17.9 Å². The molecule has 0 aromatic heterocycles. The Morgan fingerprint density at radius 1 is 1.26 bits per heavy atom. The maximum Gasteiger partial charge on any atom is 0.301 e. The Balaban J connectivity index is 2.29. The summed E-state index contributed by atoms with van der Waals surface area (Å²) >= 11 is 0. The molecule has 0 unspecified atom stereocenters. The lowest BCUT2D eigenvalue weighted by Crippen LogP contribution is -2.35. The molecule has 0 spiro atoms. The van der Waals surface area contributed by atoms with Crippen molar-refractivity contribution in [1.29, 1.82) is 0 Å². The van der Waals surface area contributed by atoms with Crippen LogP contribution in [0.1, 0.15) is 13.8 Å². The van der Waals surface area contributed by atoms with Gasteiger partial charge in [-0.2, -0.15) is 12.7 Å². The topological polar surface area (TPSA) is 93.9 Å². The Morgan fingerprint density at radius 2 is 1.84 bits per heavy atom. The molecule has 1 aromatic rings. The van der Waals surface area contributed by atoms with Crippen LogP contribution >= 0.6 is 0 Å². The van der Waals surface area contributed by atoms with Crippen LogP contribution in [0.5, 0.6) is 11.5 Å². The zero-order valence-corrected chi connectivity index (χ0v) is 11.7. The van der Waals surface area contributed by atoms with E-state index in [9.17, 15) is 8.42 Å². The molecule has 0 atom stereocenters. The van der Waals surface area contributed by atoms with Crippen molar-refractivity contribution in [3.8, 4) is 11.5 Å². The number of ether oxygens (including phenoxy) is 2. The van der Waals surface area contributed by atoms with Gasteiger partial charge in [-0.25, -0.2) is 0 Å². The number of fused-ring (bicyclic) bond motifs is 1. The summed E-state index contributed by atoms with van der Waals surface area (Å²) in [5.74, 6) is 0.995. The van der Waals surface area contributed by atoms with Crippen molar-refractivity contribution in [2.45, 2.75) is 13.8 Å². The second-order valence-electron chi connectivity index (χ2n) is 3.98. The number of rotatable bonds is 5. The average Bonchev–Trinajstić information content (AvgIpc) is 2.77. The third-order valence-electron chi connectivity index (χ3n) is 2.83. The largest absolute Gasteiger partial charge is 0.454 e. The summed E-state index contributed by atoms with van der Waals surface area (Å²) < 4.78 is 38.3. The summed E-state index contributed by atoms with van der Waals surface area (Å²) in [6, 6.07) is 3.07. The first-order chi connectivity index (χ1) is 8.97. The van der Waals surface area contributed by atoms with Crippen LogP contribution in [0.15, 0.2) is 12.1 Å². The molecule has 1 aliphatic rings. The van der Waals surface area contributed by atoms with E-state index < -0.39 is 10.2 Å². The fourth-order valence-electron chi connectivity index (χ4n) is 1.81. The van der Waals surface area contributed by atoms with E-state index in [2.05, 4.69) is 4.72 Å². The first-order valence-electron chi connectivity index (χ1n) is 5.95. The van der Waals surface area contributed by atoms with E-state index >= 15 is 0 Å². The molecule has 1 heterocycles. The molecule has 0 radical (unpaired) electrons. The van der Waals surface area contributed by atoms with Crippen molar-refractivity contribution in [3.63, 3.8) is 0 Å². The van der Waals surface area contributed by atoms with E-state index in [0.717, 1.165) is 0 Å². The zero-order chi connectivity index (χ0) is 14.0. The lowest BCUT2D eigenvalue weighted by molar-refractivity contribution is 0.174. The number of nitrogens with one attached hydrogen (secondary N) is 1.